The first-order valence-corrected chi connectivity index (χ1v) is 5.80. The second kappa shape index (κ2) is 4.26. The topological polar surface area (TPSA) is 116 Å². The van der Waals surface area contributed by atoms with Gasteiger partial charge in [-0.25, -0.2) is 13.4 Å². The van der Waals surface area contributed by atoms with Crippen LogP contribution in [-0.4, -0.2) is 25.1 Å². The van der Waals surface area contributed by atoms with Gasteiger partial charge >= 0.3 is 0 Å². The fraction of sp³-hybridized carbons (Fsp3) is 0.250. The van der Waals surface area contributed by atoms with Crippen molar-refractivity contribution in [2.75, 3.05) is 11.5 Å². The minimum atomic E-state index is -3.62. The van der Waals surface area contributed by atoms with Crippen LogP contribution in [0, 0.1) is 0 Å². The van der Waals surface area contributed by atoms with Crippen molar-refractivity contribution in [3.63, 3.8) is 0 Å². The average molecular weight is 229 g/mol. The Morgan fingerprint density at radius 2 is 2.13 bits per heavy atom. The highest BCUT2D eigenvalue weighted by atomic mass is 32.2. The first kappa shape index (κ1) is 11.4. The van der Waals surface area contributed by atoms with E-state index in [0.29, 0.717) is 0 Å². The molecule has 6 nitrogen and oxygen atoms in total. The summed E-state index contributed by atoms with van der Waals surface area (Å²) >= 11 is 0. The minimum Gasteiger partial charge on any atom is -0.396 e. The van der Waals surface area contributed by atoms with Crippen molar-refractivity contribution in [2.24, 2.45) is 5.73 Å². The molecule has 0 radical (unpaired) electrons. The molecule has 1 rings (SSSR count). The highest BCUT2D eigenvalue weighted by Gasteiger charge is 2.19. The van der Waals surface area contributed by atoms with E-state index in [1.807, 2.05) is 0 Å². The summed E-state index contributed by atoms with van der Waals surface area (Å²) in [5.41, 5.74) is 10.4. The molecule has 7 heteroatoms. The van der Waals surface area contributed by atoms with Crippen LogP contribution in [0.25, 0.3) is 0 Å². The number of primary amides is 1. The normalized spacial score (nSPS) is 11.2. The predicted molar refractivity (Wildman–Crippen MR) is 54.5 cm³/mol. The van der Waals surface area contributed by atoms with Gasteiger partial charge in [-0.2, -0.15) is 0 Å². The van der Waals surface area contributed by atoms with Crippen LogP contribution in [-0.2, 0) is 14.6 Å². The van der Waals surface area contributed by atoms with Crippen LogP contribution < -0.4 is 11.5 Å². The molecule has 0 saturated heterocycles. The van der Waals surface area contributed by atoms with E-state index in [4.69, 9.17) is 11.5 Å². The molecule has 0 spiro atoms. The van der Waals surface area contributed by atoms with Crippen molar-refractivity contribution in [1.82, 2.24) is 4.98 Å². The van der Waals surface area contributed by atoms with Gasteiger partial charge in [-0.3, -0.25) is 4.79 Å². The number of nitrogens with two attached hydrogens (primary N) is 2. The van der Waals surface area contributed by atoms with Crippen molar-refractivity contribution in [1.29, 1.82) is 0 Å². The van der Waals surface area contributed by atoms with Gasteiger partial charge in [-0.1, -0.05) is 0 Å². The van der Waals surface area contributed by atoms with Crippen molar-refractivity contribution >= 4 is 21.4 Å². The Balaban J connectivity index is 2.97. The molecule has 0 aliphatic rings. The van der Waals surface area contributed by atoms with Gasteiger partial charge in [-0.05, 0) is 12.1 Å². The summed E-state index contributed by atoms with van der Waals surface area (Å²) in [6.45, 7) is 0. The van der Waals surface area contributed by atoms with E-state index < -0.39 is 15.7 Å². The smallest absolute Gasteiger partial charge is 0.218 e. The van der Waals surface area contributed by atoms with Crippen LogP contribution in [0.15, 0.2) is 23.4 Å². The van der Waals surface area contributed by atoms with Crippen LogP contribution >= 0.6 is 0 Å². The zero-order valence-corrected chi connectivity index (χ0v) is 8.70. The summed E-state index contributed by atoms with van der Waals surface area (Å²) in [4.78, 5) is 14.1. The highest BCUT2D eigenvalue weighted by Crippen LogP contribution is 2.15. The molecular weight excluding hydrogens is 218 g/mol. The lowest BCUT2D eigenvalue weighted by Crippen LogP contribution is -2.18. The van der Waals surface area contributed by atoms with E-state index in [9.17, 15) is 13.2 Å². The van der Waals surface area contributed by atoms with E-state index in [1.165, 1.54) is 18.3 Å². The minimum absolute atomic E-state index is 0.0713. The SMILES string of the molecule is NC(=O)CCS(=O)(=O)c1ncccc1N. The van der Waals surface area contributed by atoms with Crippen LogP contribution in [0.5, 0.6) is 0 Å². The molecule has 0 bridgehead atoms. The number of carbonyl (C=O) groups is 1. The van der Waals surface area contributed by atoms with Crippen LogP contribution in [0.3, 0.4) is 0 Å². The number of hydrogen-bond donors (Lipinski definition) is 2. The number of aromatic nitrogens is 1. The summed E-state index contributed by atoms with van der Waals surface area (Å²) < 4.78 is 23.2. The van der Waals surface area contributed by atoms with E-state index in [1.54, 1.807) is 0 Å². The van der Waals surface area contributed by atoms with Crippen molar-refractivity contribution in [3.8, 4) is 0 Å². The molecule has 1 aromatic heterocycles. The Bertz CT molecular complexity index is 470. The second-order valence-corrected chi connectivity index (χ2v) is 4.96. The number of rotatable bonds is 4. The predicted octanol–water partition coefficient (Wildman–Crippen LogP) is -0.687. The van der Waals surface area contributed by atoms with E-state index >= 15 is 0 Å². The number of nitrogens with zero attached hydrogens (tertiary/aromatic N) is 1. The molecule has 0 unspecified atom stereocenters. The van der Waals surface area contributed by atoms with Crippen molar-refractivity contribution < 1.29 is 13.2 Å². The monoisotopic (exact) mass is 229 g/mol. The molecule has 0 aliphatic heterocycles. The van der Waals surface area contributed by atoms with Gasteiger partial charge in [0.05, 0.1) is 11.4 Å². The summed E-state index contributed by atoms with van der Waals surface area (Å²) in [6, 6.07) is 2.96. The van der Waals surface area contributed by atoms with E-state index in [0.717, 1.165) is 0 Å². The molecule has 0 saturated carbocycles. The third-order valence-corrected chi connectivity index (χ3v) is 3.38. The Kier molecular flexibility index (Phi) is 3.25. The van der Waals surface area contributed by atoms with Gasteiger partial charge in [0.15, 0.2) is 14.9 Å². The quantitative estimate of drug-likeness (QED) is 0.709. The van der Waals surface area contributed by atoms with Crippen LogP contribution in [0.1, 0.15) is 6.42 Å². The van der Waals surface area contributed by atoms with Gasteiger partial charge in [0.2, 0.25) is 5.91 Å². The van der Waals surface area contributed by atoms with Gasteiger partial charge in [0.25, 0.3) is 0 Å². The molecule has 4 N–H and O–H groups in total. The number of sulfone groups is 1. The Hall–Kier alpha value is -1.63. The third-order valence-electron chi connectivity index (χ3n) is 1.71. The molecule has 15 heavy (non-hydrogen) atoms. The Morgan fingerprint density at radius 3 is 2.67 bits per heavy atom. The van der Waals surface area contributed by atoms with Gasteiger partial charge in [-0.15, -0.1) is 0 Å². The number of hydrogen-bond acceptors (Lipinski definition) is 5. The summed E-state index contributed by atoms with van der Waals surface area (Å²) in [5.74, 6) is -1.04. The first-order chi connectivity index (χ1) is 6.93. The fourth-order valence-corrected chi connectivity index (χ4v) is 2.31. The molecule has 0 aromatic carbocycles. The third kappa shape index (κ3) is 2.91. The van der Waals surface area contributed by atoms with Crippen LogP contribution in [0.4, 0.5) is 5.69 Å². The zero-order valence-electron chi connectivity index (χ0n) is 7.88. The maximum absolute atomic E-state index is 11.6. The summed E-state index contributed by atoms with van der Waals surface area (Å²) in [6.07, 6.45) is 1.09. The lowest BCUT2D eigenvalue weighted by molar-refractivity contribution is -0.117. The summed E-state index contributed by atoms with van der Waals surface area (Å²) in [5, 5.41) is -0.203. The lowest BCUT2D eigenvalue weighted by Gasteiger charge is -2.04. The van der Waals surface area contributed by atoms with E-state index in [2.05, 4.69) is 4.98 Å². The highest BCUT2D eigenvalue weighted by molar-refractivity contribution is 7.91. The Morgan fingerprint density at radius 1 is 1.47 bits per heavy atom. The largest absolute Gasteiger partial charge is 0.396 e. The zero-order chi connectivity index (χ0) is 11.5. The van der Waals surface area contributed by atoms with Crippen molar-refractivity contribution in [2.45, 2.75) is 11.4 Å². The molecular formula is C8H11N3O3S. The van der Waals surface area contributed by atoms with Gasteiger partial charge in [0.1, 0.15) is 0 Å². The van der Waals surface area contributed by atoms with Crippen molar-refractivity contribution in [3.05, 3.63) is 18.3 Å². The number of anilines is 1. The molecule has 0 aliphatic carbocycles. The molecule has 82 valence electrons. The molecule has 0 fully saturated rings. The maximum Gasteiger partial charge on any atom is 0.218 e. The maximum atomic E-state index is 11.6. The fourth-order valence-electron chi connectivity index (χ4n) is 0.995. The standard InChI is InChI=1S/C8H11N3O3S/c9-6-2-1-4-11-8(6)15(13,14)5-3-7(10)12/h1-2,4H,3,5,9H2,(H2,10,12). The van der Waals surface area contributed by atoms with Gasteiger partial charge < -0.3 is 11.5 Å². The number of pyridine rings is 1. The molecule has 1 heterocycles. The number of amides is 1. The molecule has 1 aromatic rings. The lowest BCUT2D eigenvalue weighted by atomic mass is 10.4. The Labute approximate surface area is 87.2 Å². The average Bonchev–Trinajstić information content (AvgIpc) is 2.15. The summed E-state index contributed by atoms with van der Waals surface area (Å²) in [7, 11) is -3.62. The molecule has 0 atom stereocenters. The second-order valence-electron chi connectivity index (χ2n) is 2.93. The van der Waals surface area contributed by atoms with Gasteiger partial charge in [0, 0.05) is 12.6 Å². The molecule has 1 amide bonds. The van der Waals surface area contributed by atoms with Crippen LogP contribution in [0.2, 0.25) is 0 Å². The first-order valence-electron chi connectivity index (χ1n) is 4.15. The van der Waals surface area contributed by atoms with E-state index in [-0.39, 0.29) is 22.9 Å². The number of carbonyl (C=O) groups excluding carboxylic acids is 1. The number of nitrogen functional groups attached to an aromatic ring is 1.